The van der Waals surface area contributed by atoms with Gasteiger partial charge < -0.3 is 9.16 Å². The molecule has 0 aromatic rings. The lowest BCUT2D eigenvalue weighted by Gasteiger charge is -2.36. The molecule has 0 rings (SSSR count). The van der Waals surface area contributed by atoms with Crippen LogP contribution in [0.4, 0.5) is 0 Å². The molecule has 0 saturated carbocycles. The van der Waals surface area contributed by atoms with Crippen LogP contribution in [-0.4, -0.2) is 20.9 Å². The molecule has 0 aliphatic rings. The third-order valence-electron chi connectivity index (χ3n) is 4.40. The normalized spacial score (nSPS) is 13.3. The first-order valence-electron chi connectivity index (χ1n) is 8.59. The van der Waals surface area contributed by atoms with Crippen LogP contribution in [0.5, 0.6) is 0 Å². The van der Waals surface area contributed by atoms with Crippen molar-refractivity contribution in [3.05, 3.63) is 11.8 Å². The molecule has 4 heteroatoms. The summed E-state index contributed by atoms with van der Waals surface area (Å²) in [7, 11) is -1.62. The van der Waals surface area contributed by atoms with Crippen molar-refractivity contribution in [2.45, 2.75) is 91.3 Å². The van der Waals surface area contributed by atoms with E-state index in [0.29, 0.717) is 0 Å². The molecule has 0 saturated heterocycles. The summed E-state index contributed by atoms with van der Waals surface area (Å²) in [5.74, 6) is -0.241. The van der Waals surface area contributed by atoms with Crippen molar-refractivity contribution >= 4 is 14.3 Å². The monoisotopic (exact) mass is 328 g/mol. The summed E-state index contributed by atoms with van der Waals surface area (Å²) in [5, 5.41) is 0.272. The van der Waals surface area contributed by atoms with E-state index in [4.69, 9.17) is 9.16 Å². The lowest BCUT2D eigenvalue weighted by Crippen LogP contribution is -2.40. The van der Waals surface area contributed by atoms with E-state index >= 15 is 0 Å². The second-order valence-electron chi connectivity index (χ2n) is 7.55. The molecule has 0 bridgehead atoms. The highest BCUT2D eigenvalue weighted by Gasteiger charge is 2.36. The highest BCUT2D eigenvalue weighted by atomic mass is 28.4. The highest BCUT2D eigenvalue weighted by Crippen LogP contribution is 2.36. The first kappa shape index (κ1) is 21.4. The molecule has 0 heterocycles. The molecule has 0 aliphatic heterocycles. The summed E-state index contributed by atoms with van der Waals surface area (Å²) >= 11 is 0. The Morgan fingerprint density at radius 1 is 1.09 bits per heavy atom. The number of hydrogen-bond donors (Lipinski definition) is 0. The van der Waals surface area contributed by atoms with Crippen LogP contribution in [0.3, 0.4) is 0 Å². The van der Waals surface area contributed by atoms with Gasteiger partial charge >= 0.3 is 5.97 Å². The first-order valence-corrected chi connectivity index (χ1v) is 11.5. The van der Waals surface area contributed by atoms with Gasteiger partial charge in [0.15, 0.2) is 8.32 Å². The summed E-state index contributed by atoms with van der Waals surface area (Å²) in [6.45, 7) is 15.8. The van der Waals surface area contributed by atoms with Gasteiger partial charge in [-0.3, -0.25) is 4.79 Å². The third kappa shape index (κ3) is 9.41. The fourth-order valence-corrected chi connectivity index (χ4v) is 2.90. The number of unbranched alkanes of at least 4 members (excludes halogenated alkanes) is 2. The molecule has 0 aromatic carbocycles. The zero-order valence-corrected chi connectivity index (χ0v) is 16.8. The van der Waals surface area contributed by atoms with Crippen LogP contribution < -0.4 is 0 Å². The Hall–Kier alpha value is -0.613. The van der Waals surface area contributed by atoms with Gasteiger partial charge in [-0.15, -0.1) is 0 Å². The van der Waals surface area contributed by atoms with Gasteiger partial charge in [0.25, 0.3) is 0 Å². The molecule has 0 aromatic heterocycles. The Morgan fingerprint density at radius 3 is 2.18 bits per heavy atom. The lowest BCUT2D eigenvalue weighted by atomic mass is 10.0. The molecule has 0 unspecified atom stereocenters. The second kappa shape index (κ2) is 10.2. The maximum atomic E-state index is 10.9. The molecular formula is C18H36O3Si. The van der Waals surface area contributed by atoms with Gasteiger partial charge in [-0.25, -0.2) is 0 Å². The zero-order chi connectivity index (χ0) is 17.2. The van der Waals surface area contributed by atoms with Crippen molar-refractivity contribution in [3.8, 4) is 0 Å². The van der Waals surface area contributed by atoms with Crippen LogP contribution in [-0.2, 0) is 14.0 Å². The topological polar surface area (TPSA) is 35.5 Å². The minimum atomic E-state index is -1.62. The van der Waals surface area contributed by atoms with Crippen molar-refractivity contribution < 1.29 is 14.0 Å². The smallest absolute Gasteiger partial charge is 0.307 e. The van der Waals surface area contributed by atoms with E-state index in [0.717, 1.165) is 45.1 Å². The van der Waals surface area contributed by atoms with Gasteiger partial charge in [0.05, 0.1) is 6.26 Å². The fraction of sp³-hybridized carbons (Fsp3) is 0.833. The number of carbonyl (C=O) groups excluding carboxylic acids is 1. The van der Waals surface area contributed by atoms with Gasteiger partial charge in [0.1, 0.15) is 0 Å². The third-order valence-corrected chi connectivity index (χ3v) is 8.94. The number of esters is 1. The fourth-order valence-electron chi connectivity index (χ4n) is 1.81. The second-order valence-corrected chi connectivity index (χ2v) is 12.4. The van der Waals surface area contributed by atoms with Crippen LogP contribution in [0.25, 0.3) is 0 Å². The van der Waals surface area contributed by atoms with E-state index in [1.807, 2.05) is 0 Å². The molecular weight excluding hydrogens is 292 g/mol. The number of ether oxygens (including phenoxy) is 1. The largest absolute Gasteiger partial charge is 0.435 e. The van der Waals surface area contributed by atoms with Gasteiger partial charge in [-0.05, 0) is 55.8 Å². The molecule has 0 amide bonds. The quantitative estimate of drug-likeness (QED) is 0.219. The van der Waals surface area contributed by atoms with Gasteiger partial charge in [0, 0.05) is 13.5 Å². The van der Waals surface area contributed by atoms with Crippen molar-refractivity contribution in [1.29, 1.82) is 0 Å². The van der Waals surface area contributed by atoms with Crippen LogP contribution in [0.2, 0.25) is 18.1 Å². The number of carbonyl (C=O) groups is 1. The van der Waals surface area contributed by atoms with Crippen molar-refractivity contribution in [2.75, 3.05) is 6.61 Å². The van der Waals surface area contributed by atoms with E-state index in [9.17, 15) is 4.79 Å². The molecule has 3 nitrogen and oxygen atoms in total. The Morgan fingerprint density at radius 2 is 1.68 bits per heavy atom. The standard InChI is InChI=1S/C18H36O3Si/c1-8-9-12-17(15-20-16(2)19)13-10-11-14-21-22(6,7)18(3,4)5/h15H,8-14H2,1-7H3/b17-15+. The Balaban J connectivity index is 4.13. The van der Waals surface area contributed by atoms with Gasteiger partial charge in [-0.2, -0.15) is 0 Å². The predicted molar refractivity (Wildman–Crippen MR) is 96.4 cm³/mol. The van der Waals surface area contributed by atoms with E-state index in [-0.39, 0.29) is 11.0 Å². The van der Waals surface area contributed by atoms with E-state index in [1.165, 1.54) is 12.5 Å². The molecule has 0 fully saturated rings. The summed E-state index contributed by atoms with van der Waals surface area (Å²) in [6, 6.07) is 0. The minimum Gasteiger partial charge on any atom is -0.435 e. The molecule has 0 spiro atoms. The first-order chi connectivity index (χ1) is 10.1. The predicted octanol–water partition coefficient (Wildman–Crippen LogP) is 5.82. The van der Waals surface area contributed by atoms with Crippen molar-refractivity contribution in [3.63, 3.8) is 0 Å². The van der Waals surface area contributed by atoms with Gasteiger partial charge in [0.2, 0.25) is 0 Å². The summed E-state index contributed by atoms with van der Waals surface area (Å²) < 4.78 is 11.2. The summed E-state index contributed by atoms with van der Waals surface area (Å²) in [6.07, 6.45) is 8.13. The summed E-state index contributed by atoms with van der Waals surface area (Å²) in [4.78, 5) is 10.9. The van der Waals surface area contributed by atoms with Crippen LogP contribution >= 0.6 is 0 Å². The minimum absolute atomic E-state index is 0.241. The lowest BCUT2D eigenvalue weighted by molar-refractivity contribution is -0.135. The molecule has 22 heavy (non-hydrogen) atoms. The molecule has 0 N–H and O–H groups in total. The van der Waals surface area contributed by atoms with Crippen LogP contribution in [0.1, 0.15) is 73.1 Å². The Kier molecular flexibility index (Phi) is 9.93. The molecule has 0 aliphatic carbocycles. The number of rotatable bonds is 10. The maximum Gasteiger partial charge on any atom is 0.307 e. The number of allylic oxidation sites excluding steroid dienone is 1. The van der Waals surface area contributed by atoms with Crippen molar-refractivity contribution in [2.24, 2.45) is 0 Å². The van der Waals surface area contributed by atoms with Crippen LogP contribution in [0, 0.1) is 0 Å². The van der Waals surface area contributed by atoms with E-state index in [2.05, 4.69) is 40.8 Å². The Bertz CT molecular complexity index is 354. The summed E-state index contributed by atoms with van der Waals surface area (Å²) in [5.41, 5.74) is 1.24. The average Bonchev–Trinajstić information content (AvgIpc) is 2.39. The average molecular weight is 329 g/mol. The van der Waals surface area contributed by atoms with Gasteiger partial charge in [-0.1, -0.05) is 34.1 Å². The van der Waals surface area contributed by atoms with E-state index < -0.39 is 8.32 Å². The van der Waals surface area contributed by atoms with Crippen molar-refractivity contribution in [1.82, 2.24) is 0 Å². The Labute approximate surface area is 138 Å². The molecule has 130 valence electrons. The molecule has 0 atom stereocenters. The maximum absolute atomic E-state index is 10.9. The van der Waals surface area contributed by atoms with Crippen LogP contribution in [0.15, 0.2) is 11.8 Å². The van der Waals surface area contributed by atoms with E-state index in [1.54, 1.807) is 6.26 Å². The zero-order valence-electron chi connectivity index (χ0n) is 15.8. The highest BCUT2D eigenvalue weighted by molar-refractivity contribution is 6.74. The molecule has 0 radical (unpaired) electrons. The SMILES string of the molecule is CCCC/C(=C\OC(C)=O)CCCCO[Si](C)(C)C(C)(C)C. The number of hydrogen-bond acceptors (Lipinski definition) is 3.